The number of ether oxygens (including phenoxy) is 1. The second kappa shape index (κ2) is 7.14. The van der Waals surface area contributed by atoms with Crippen molar-refractivity contribution in [3.05, 3.63) is 64.7 Å². The van der Waals surface area contributed by atoms with E-state index < -0.39 is 6.10 Å². The molecule has 0 aromatic heterocycles. The van der Waals surface area contributed by atoms with Crippen molar-refractivity contribution in [1.82, 2.24) is 5.32 Å². The smallest absolute Gasteiger partial charge is 0.261 e. The summed E-state index contributed by atoms with van der Waals surface area (Å²) >= 11 is 5.88. The summed E-state index contributed by atoms with van der Waals surface area (Å²) in [6.07, 6.45) is -0.575. The van der Waals surface area contributed by atoms with Crippen molar-refractivity contribution in [3.8, 4) is 5.75 Å². The van der Waals surface area contributed by atoms with Crippen molar-refractivity contribution < 1.29 is 9.53 Å². The molecule has 1 amide bonds. The maximum absolute atomic E-state index is 12.0. The van der Waals surface area contributed by atoms with E-state index in [2.05, 4.69) is 5.32 Å². The monoisotopic (exact) mass is 303 g/mol. The molecule has 0 spiro atoms. The number of aryl methyl sites for hydroxylation is 1. The fraction of sp³-hybridized carbons (Fsp3) is 0.235. The summed E-state index contributed by atoms with van der Waals surface area (Å²) < 4.78 is 5.57. The van der Waals surface area contributed by atoms with Gasteiger partial charge in [0.15, 0.2) is 6.10 Å². The van der Waals surface area contributed by atoms with Crippen molar-refractivity contribution in [2.75, 3.05) is 0 Å². The molecule has 21 heavy (non-hydrogen) atoms. The predicted octanol–water partition coefficient (Wildman–Crippen LogP) is 3.73. The molecule has 0 bridgehead atoms. The van der Waals surface area contributed by atoms with Gasteiger partial charge >= 0.3 is 0 Å². The Labute approximate surface area is 129 Å². The van der Waals surface area contributed by atoms with Gasteiger partial charge in [0.05, 0.1) is 0 Å². The van der Waals surface area contributed by atoms with E-state index in [1.807, 2.05) is 31.2 Å². The van der Waals surface area contributed by atoms with Gasteiger partial charge < -0.3 is 10.1 Å². The van der Waals surface area contributed by atoms with Gasteiger partial charge in [-0.05, 0) is 37.6 Å². The van der Waals surface area contributed by atoms with Crippen LogP contribution >= 0.6 is 11.6 Å². The topological polar surface area (TPSA) is 38.3 Å². The number of rotatable bonds is 5. The Bertz CT molecular complexity index is 610. The average Bonchev–Trinajstić information content (AvgIpc) is 2.46. The molecule has 110 valence electrons. The minimum atomic E-state index is -0.575. The summed E-state index contributed by atoms with van der Waals surface area (Å²) in [7, 11) is 0. The molecule has 2 aromatic rings. The molecule has 0 saturated carbocycles. The quantitative estimate of drug-likeness (QED) is 0.914. The van der Waals surface area contributed by atoms with Gasteiger partial charge in [0.2, 0.25) is 0 Å². The van der Waals surface area contributed by atoms with Crippen LogP contribution in [0.5, 0.6) is 5.75 Å². The number of carbonyl (C=O) groups excluding carboxylic acids is 1. The summed E-state index contributed by atoms with van der Waals surface area (Å²) in [6.45, 7) is 4.23. The summed E-state index contributed by atoms with van der Waals surface area (Å²) in [5.74, 6) is 0.427. The van der Waals surface area contributed by atoms with Crippen molar-refractivity contribution in [1.29, 1.82) is 0 Å². The lowest BCUT2D eigenvalue weighted by Crippen LogP contribution is -2.35. The molecule has 0 heterocycles. The number of hydrogen-bond donors (Lipinski definition) is 1. The first kappa shape index (κ1) is 15.4. The number of halogens is 1. The zero-order valence-electron chi connectivity index (χ0n) is 12.1. The highest BCUT2D eigenvalue weighted by atomic mass is 35.5. The van der Waals surface area contributed by atoms with Gasteiger partial charge in [-0.25, -0.2) is 0 Å². The standard InChI is InChI=1S/C17H18ClNO2/c1-12-6-8-14(9-7-12)11-19-17(20)13(2)21-16-5-3-4-15(18)10-16/h3-10,13H,11H2,1-2H3,(H,19,20)/t13-/m1/s1. The third kappa shape index (κ3) is 4.80. The maximum atomic E-state index is 12.0. The fourth-order valence-corrected chi connectivity index (χ4v) is 2.02. The number of hydrogen-bond acceptors (Lipinski definition) is 2. The van der Waals surface area contributed by atoms with Crippen LogP contribution in [0, 0.1) is 6.92 Å². The maximum Gasteiger partial charge on any atom is 0.261 e. The first-order chi connectivity index (χ1) is 10.0. The number of nitrogens with one attached hydrogen (secondary N) is 1. The first-order valence-corrected chi connectivity index (χ1v) is 7.18. The van der Waals surface area contributed by atoms with Crippen LogP contribution in [0.15, 0.2) is 48.5 Å². The van der Waals surface area contributed by atoms with E-state index in [1.54, 1.807) is 31.2 Å². The predicted molar refractivity (Wildman–Crippen MR) is 84.6 cm³/mol. The van der Waals surface area contributed by atoms with E-state index in [1.165, 1.54) is 5.56 Å². The van der Waals surface area contributed by atoms with Gasteiger partial charge in [0.25, 0.3) is 5.91 Å². The normalized spacial score (nSPS) is 11.8. The molecule has 0 aliphatic heterocycles. The molecule has 0 radical (unpaired) electrons. The third-order valence-corrected chi connectivity index (χ3v) is 3.30. The van der Waals surface area contributed by atoms with Crippen molar-refractivity contribution >= 4 is 17.5 Å². The van der Waals surface area contributed by atoms with E-state index >= 15 is 0 Å². The summed E-state index contributed by atoms with van der Waals surface area (Å²) in [6, 6.07) is 15.0. The van der Waals surface area contributed by atoms with Gasteiger partial charge in [-0.3, -0.25) is 4.79 Å². The van der Waals surface area contributed by atoms with E-state index in [0.29, 0.717) is 17.3 Å². The van der Waals surface area contributed by atoms with Gasteiger partial charge in [0.1, 0.15) is 5.75 Å². The Hall–Kier alpha value is -2.00. The SMILES string of the molecule is Cc1ccc(CNC(=O)[C@@H](C)Oc2cccc(Cl)c2)cc1. The highest BCUT2D eigenvalue weighted by molar-refractivity contribution is 6.30. The minimum Gasteiger partial charge on any atom is -0.481 e. The number of amides is 1. The molecular formula is C17H18ClNO2. The van der Waals surface area contributed by atoms with Gasteiger partial charge in [-0.1, -0.05) is 47.5 Å². The van der Waals surface area contributed by atoms with Gasteiger partial charge in [0, 0.05) is 11.6 Å². The van der Waals surface area contributed by atoms with Crippen LogP contribution in [0.2, 0.25) is 5.02 Å². The van der Waals surface area contributed by atoms with Crippen LogP contribution in [-0.2, 0) is 11.3 Å². The lowest BCUT2D eigenvalue weighted by Gasteiger charge is -2.15. The highest BCUT2D eigenvalue weighted by Gasteiger charge is 2.14. The molecule has 1 N–H and O–H groups in total. The van der Waals surface area contributed by atoms with Crippen molar-refractivity contribution in [3.63, 3.8) is 0 Å². The van der Waals surface area contributed by atoms with Crippen molar-refractivity contribution in [2.45, 2.75) is 26.5 Å². The average molecular weight is 304 g/mol. The van der Waals surface area contributed by atoms with Crippen LogP contribution < -0.4 is 10.1 Å². The molecule has 0 saturated heterocycles. The van der Waals surface area contributed by atoms with Crippen LogP contribution in [0.1, 0.15) is 18.1 Å². The van der Waals surface area contributed by atoms with E-state index in [-0.39, 0.29) is 5.91 Å². The minimum absolute atomic E-state index is 0.157. The fourth-order valence-electron chi connectivity index (χ4n) is 1.84. The Kier molecular flexibility index (Phi) is 5.23. The largest absolute Gasteiger partial charge is 0.481 e. The second-order valence-corrected chi connectivity index (χ2v) is 5.36. The lowest BCUT2D eigenvalue weighted by atomic mass is 10.1. The van der Waals surface area contributed by atoms with Crippen LogP contribution in [0.3, 0.4) is 0 Å². The molecule has 3 nitrogen and oxygen atoms in total. The van der Waals surface area contributed by atoms with Crippen LogP contribution in [-0.4, -0.2) is 12.0 Å². The number of benzene rings is 2. The molecule has 4 heteroatoms. The van der Waals surface area contributed by atoms with Crippen LogP contribution in [0.25, 0.3) is 0 Å². The molecule has 0 fully saturated rings. The zero-order chi connectivity index (χ0) is 15.2. The summed E-state index contributed by atoms with van der Waals surface area (Å²) in [4.78, 5) is 12.0. The summed E-state index contributed by atoms with van der Waals surface area (Å²) in [5, 5.41) is 3.44. The van der Waals surface area contributed by atoms with Crippen LogP contribution in [0.4, 0.5) is 0 Å². The Morgan fingerprint density at radius 1 is 1.24 bits per heavy atom. The van der Waals surface area contributed by atoms with Gasteiger partial charge in [-0.2, -0.15) is 0 Å². The lowest BCUT2D eigenvalue weighted by molar-refractivity contribution is -0.127. The Morgan fingerprint density at radius 3 is 2.62 bits per heavy atom. The second-order valence-electron chi connectivity index (χ2n) is 4.92. The molecule has 2 rings (SSSR count). The highest BCUT2D eigenvalue weighted by Crippen LogP contribution is 2.18. The van der Waals surface area contributed by atoms with E-state index in [0.717, 1.165) is 5.56 Å². The van der Waals surface area contributed by atoms with Crippen molar-refractivity contribution in [2.24, 2.45) is 0 Å². The first-order valence-electron chi connectivity index (χ1n) is 6.80. The molecule has 0 aliphatic rings. The number of carbonyl (C=O) groups is 1. The van der Waals surface area contributed by atoms with E-state index in [4.69, 9.17) is 16.3 Å². The molecule has 2 aromatic carbocycles. The summed E-state index contributed by atoms with van der Waals surface area (Å²) in [5.41, 5.74) is 2.26. The molecule has 0 aliphatic carbocycles. The van der Waals surface area contributed by atoms with Gasteiger partial charge in [-0.15, -0.1) is 0 Å². The molecule has 0 unspecified atom stereocenters. The van der Waals surface area contributed by atoms with E-state index in [9.17, 15) is 4.79 Å². The zero-order valence-corrected chi connectivity index (χ0v) is 12.9. The Morgan fingerprint density at radius 2 is 1.95 bits per heavy atom. The molecular weight excluding hydrogens is 286 g/mol. The molecule has 1 atom stereocenters. The third-order valence-electron chi connectivity index (χ3n) is 3.07. The Balaban J connectivity index is 1.86.